The number of carbonyl (C=O) groups excluding carboxylic acids is 1. The van der Waals surface area contributed by atoms with E-state index in [-0.39, 0.29) is 17.8 Å². The Labute approximate surface area is 112 Å². The molecule has 0 saturated carbocycles. The summed E-state index contributed by atoms with van der Waals surface area (Å²) < 4.78 is 18.7. The van der Waals surface area contributed by atoms with Gasteiger partial charge in [0.15, 0.2) is 0 Å². The van der Waals surface area contributed by atoms with Gasteiger partial charge in [-0.2, -0.15) is 0 Å². The minimum atomic E-state index is -0.297. The fourth-order valence-corrected chi connectivity index (χ4v) is 2.08. The van der Waals surface area contributed by atoms with Gasteiger partial charge in [-0.15, -0.1) is 0 Å². The standard InChI is InChI=1S/C14H19FN2O2/c1-10-7-11(3-4-13(10)15)14(18)16-8-12-9-17(2)5-6-19-12/h3-4,7,12H,5-6,8-9H2,1-2H3,(H,16,18). The molecule has 0 aliphatic carbocycles. The molecular weight excluding hydrogens is 247 g/mol. The second kappa shape index (κ2) is 6.12. The van der Waals surface area contributed by atoms with Crippen molar-refractivity contribution in [3.8, 4) is 0 Å². The summed E-state index contributed by atoms with van der Waals surface area (Å²) in [5.41, 5.74) is 0.948. The van der Waals surface area contributed by atoms with Crippen molar-refractivity contribution < 1.29 is 13.9 Å². The molecule has 1 aliphatic heterocycles. The zero-order valence-electron chi connectivity index (χ0n) is 11.3. The number of morpholine rings is 1. The molecule has 1 atom stereocenters. The molecule has 19 heavy (non-hydrogen) atoms. The first-order valence-electron chi connectivity index (χ1n) is 6.41. The van der Waals surface area contributed by atoms with E-state index in [1.165, 1.54) is 12.1 Å². The Hall–Kier alpha value is -1.46. The van der Waals surface area contributed by atoms with Crippen molar-refractivity contribution in [3.05, 3.63) is 35.1 Å². The smallest absolute Gasteiger partial charge is 0.251 e. The van der Waals surface area contributed by atoms with Crippen LogP contribution in [0.5, 0.6) is 0 Å². The van der Waals surface area contributed by atoms with E-state index in [1.807, 2.05) is 7.05 Å². The Balaban J connectivity index is 1.88. The number of benzene rings is 1. The van der Waals surface area contributed by atoms with Crippen LogP contribution in [0.15, 0.2) is 18.2 Å². The fourth-order valence-electron chi connectivity index (χ4n) is 2.08. The van der Waals surface area contributed by atoms with Crippen molar-refractivity contribution in [2.75, 3.05) is 33.3 Å². The molecule has 0 spiro atoms. The highest BCUT2D eigenvalue weighted by molar-refractivity contribution is 5.94. The van der Waals surface area contributed by atoms with Gasteiger partial charge in [0.05, 0.1) is 12.7 Å². The van der Waals surface area contributed by atoms with Gasteiger partial charge >= 0.3 is 0 Å². The Morgan fingerprint density at radius 3 is 3.05 bits per heavy atom. The Morgan fingerprint density at radius 1 is 1.58 bits per heavy atom. The van der Waals surface area contributed by atoms with Gasteiger partial charge in [0, 0.05) is 25.2 Å². The van der Waals surface area contributed by atoms with Crippen LogP contribution in [0.1, 0.15) is 15.9 Å². The lowest BCUT2D eigenvalue weighted by atomic mass is 10.1. The maximum Gasteiger partial charge on any atom is 0.251 e. The molecule has 0 aromatic heterocycles. The van der Waals surface area contributed by atoms with Gasteiger partial charge in [-0.1, -0.05) is 0 Å². The molecule has 1 aromatic rings. The normalized spacial score (nSPS) is 20.3. The third kappa shape index (κ3) is 3.75. The highest BCUT2D eigenvalue weighted by Gasteiger charge is 2.18. The number of aryl methyl sites for hydroxylation is 1. The molecule has 1 N–H and O–H groups in total. The van der Waals surface area contributed by atoms with Crippen LogP contribution in [0.3, 0.4) is 0 Å². The summed E-state index contributed by atoms with van der Waals surface area (Å²) in [4.78, 5) is 14.1. The third-order valence-electron chi connectivity index (χ3n) is 3.25. The molecule has 1 heterocycles. The summed E-state index contributed by atoms with van der Waals surface area (Å²) in [5.74, 6) is -0.492. The molecule has 104 valence electrons. The lowest BCUT2D eigenvalue weighted by molar-refractivity contribution is -0.0175. The summed E-state index contributed by atoms with van der Waals surface area (Å²) in [6, 6.07) is 4.36. The Morgan fingerprint density at radius 2 is 2.37 bits per heavy atom. The van der Waals surface area contributed by atoms with Crippen LogP contribution in [-0.2, 0) is 4.74 Å². The van der Waals surface area contributed by atoms with E-state index < -0.39 is 0 Å². The molecule has 1 unspecified atom stereocenters. The molecule has 1 aromatic carbocycles. The predicted molar refractivity (Wildman–Crippen MR) is 70.7 cm³/mol. The summed E-state index contributed by atoms with van der Waals surface area (Å²) in [6.07, 6.45) is 0.0178. The minimum absolute atomic E-state index is 0.0178. The number of nitrogens with zero attached hydrogens (tertiary/aromatic N) is 1. The van der Waals surface area contributed by atoms with Crippen LogP contribution >= 0.6 is 0 Å². The van der Waals surface area contributed by atoms with Crippen LogP contribution < -0.4 is 5.32 Å². The van der Waals surface area contributed by atoms with Crippen molar-refractivity contribution >= 4 is 5.91 Å². The number of ether oxygens (including phenoxy) is 1. The highest BCUT2D eigenvalue weighted by Crippen LogP contribution is 2.09. The summed E-state index contributed by atoms with van der Waals surface area (Å²) >= 11 is 0. The van der Waals surface area contributed by atoms with Crippen molar-refractivity contribution in [2.24, 2.45) is 0 Å². The van der Waals surface area contributed by atoms with Crippen LogP contribution in [-0.4, -0.2) is 50.2 Å². The summed E-state index contributed by atoms with van der Waals surface area (Å²) in [7, 11) is 2.03. The number of hydrogen-bond acceptors (Lipinski definition) is 3. The average Bonchev–Trinajstić information content (AvgIpc) is 2.39. The molecule has 1 saturated heterocycles. The topological polar surface area (TPSA) is 41.6 Å². The molecule has 5 heteroatoms. The van der Waals surface area contributed by atoms with Crippen molar-refractivity contribution in [1.82, 2.24) is 10.2 Å². The molecular formula is C14H19FN2O2. The van der Waals surface area contributed by atoms with Gasteiger partial charge in [-0.05, 0) is 37.7 Å². The Kier molecular flexibility index (Phi) is 4.50. The predicted octanol–water partition coefficient (Wildman–Crippen LogP) is 1.19. The van der Waals surface area contributed by atoms with Crippen LogP contribution in [0.2, 0.25) is 0 Å². The fraction of sp³-hybridized carbons (Fsp3) is 0.500. The number of halogens is 1. The van der Waals surface area contributed by atoms with E-state index in [4.69, 9.17) is 4.74 Å². The number of likely N-dealkylation sites (N-methyl/N-ethyl adjacent to an activating group) is 1. The molecule has 0 radical (unpaired) electrons. The van der Waals surface area contributed by atoms with Gasteiger partial charge in [0.2, 0.25) is 0 Å². The van der Waals surface area contributed by atoms with Crippen molar-refractivity contribution in [3.63, 3.8) is 0 Å². The summed E-state index contributed by atoms with van der Waals surface area (Å²) in [6.45, 7) is 4.53. The number of carbonyl (C=O) groups is 1. The van der Waals surface area contributed by atoms with Crippen LogP contribution in [0.25, 0.3) is 0 Å². The largest absolute Gasteiger partial charge is 0.374 e. The van der Waals surface area contributed by atoms with Crippen LogP contribution in [0, 0.1) is 12.7 Å². The molecule has 0 bridgehead atoms. The number of hydrogen-bond donors (Lipinski definition) is 1. The first-order valence-corrected chi connectivity index (χ1v) is 6.41. The van der Waals surface area contributed by atoms with E-state index in [9.17, 15) is 9.18 Å². The lowest BCUT2D eigenvalue weighted by Crippen LogP contribution is -2.45. The van der Waals surface area contributed by atoms with Gasteiger partial charge in [-0.25, -0.2) is 4.39 Å². The van der Waals surface area contributed by atoms with E-state index in [1.54, 1.807) is 13.0 Å². The zero-order valence-corrected chi connectivity index (χ0v) is 11.3. The SMILES string of the molecule is Cc1cc(C(=O)NCC2CN(C)CCO2)ccc1F. The number of nitrogens with one attached hydrogen (secondary N) is 1. The Bertz CT molecular complexity index is 465. The number of rotatable bonds is 3. The molecule has 4 nitrogen and oxygen atoms in total. The lowest BCUT2D eigenvalue weighted by Gasteiger charge is -2.30. The maximum atomic E-state index is 13.1. The maximum absolute atomic E-state index is 13.1. The quantitative estimate of drug-likeness (QED) is 0.893. The molecule has 1 aliphatic rings. The van der Waals surface area contributed by atoms with Gasteiger partial charge in [0.25, 0.3) is 5.91 Å². The number of amides is 1. The first-order chi connectivity index (χ1) is 9.06. The molecule has 1 amide bonds. The zero-order chi connectivity index (χ0) is 13.8. The highest BCUT2D eigenvalue weighted by atomic mass is 19.1. The first kappa shape index (κ1) is 14.0. The van der Waals surface area contributed by atoms with Crippen LogP contribution in [0.4, 0.5) is 4.39 Å². The molecule has 2 rings (SSSR count). The third-order valence-corrected chi connectivity index (χ3v) is 3.25. The van der Waals surface area contributed by atoms with E-state index in [0.29, 0.717) is 24.3 Å². The average molecular weight is 266 g/mol. The summed E-state index contributed by atoms with van der Waals surface area (Å²) in [5, 5.41) is 2.82. The van der Waals surface area contributed by atoms with Crippen molar-refractivity contribution in [1.29, 1.82) is 0 Å². The second-order valence-corrected chi connectivity index (χ2v) is 4.93. The van der Waals surface area contributed by atoms with Gasteiger partial charge < -0.3 is 15.0 Å². The van der Waals surface area contributed by atoms with E-state index in [0.717, 1.165) is 13.1 Å². The monoisotopic (exact) mass is 266 g/mol. The molecule has 1 fully saturated rings. The second-order valence-electron chi connectivity index (χ2n) is 4.93. The van der Waals surface area contributed by atoms with E-state index in [2.05, 4.69) is 10.2 Å². The van der Waals surface area contributed by atoms with Gasteiger partial charge in [-0.3, -0.25) is 4.79 Å². The van der Waals surface area contributed by atoms with Gasteiger partial charge in [0.1, 0.15) is 5.82 Å². The van der Waals surface area contributed by atoms with E-state index >= 15 is 0 Å². The minimum Gasteiger partial charge on any atom is -0.374 e. The van der Waals surface area contributed by atoms with Crippen molar-refractivity contribution in [2.45, 2.75) is 13.0 Å².